The van der Waals surface area contributed by atoms with Crippen LogP contribution in [0.5, 0.6) is 0 Å². The van der Waals surface area contributed by atoms with Crippen LogP contribution in [0.2, 0.25) is 0 Å². The lowest BCUT2D eigenvalue weighted by Gasteiger charge is -2.21. The summed E-state index contributed by atoms with van der Waals surface area (Å²) < 4.78 is 10.0. The molecule has 0 radical (unpaired) electrons. The van der Waals surface area contributed by atoms with E-state index < -0.39 is 0 Å². The molecule has 0 N–H and O–H groups in total. The van der Waals surface area contributed by atoms with Gasteiger partial charge in [0.25, 0.3) is 0 Å². The molecule has 406 valence electrons. The smallest absolute Gasteiger partial charge is 0.146 e. The van der Waals surface area contributed by atoms with Crippen molar-refractivity contribution in [2.24, 2.45) is 0 Å². The van der Waals surface area contributed by atoms with Gasteiger partial charge in [-0.3, -0.25) is 4.40 Å². The lowest BCUT2D eigenvalue weighted by atomic mass is 9.83. The number of aromatic nitrogens is 5. The summed E-state index contributed by atoms with van der Waals surface area (Å²) in [4.78, 5) is 5.87. The molecule has 0 aliphatic rings. The van der Waals surface area contributed by atoms with Crippen LogP contribution in [0.3, 0.4) is 0 Å². The van der Waals surface area contributed by atoms with E-state index in [1.807, 2.05) is 0 Å². The van der Waals surface area contributed by atoms with Crippen molar-refractivity contribution in [3.8, 4) is 33.6 Å². The highest BCUT2D eigenvalue weighted by Gasteiger charge is 2.32. The minimum atomic E-state index is -0.146. The van der Waals surface area contributed by atoms with Crippen LogP contribution < -0.4 is 0 Å². The summed E-state index contributed by atoms with van der Waals surface area (Å²) in [5.41, 5.74) is 21.2. The van der Waals surface area contributed by atoms with Gasteiger partial charge in [-0.1, -0.05) is 175 Å². The van der Waals surface area contributed by atoms with Crippen molar-refractivity contribution < 1.29 is 0 Å². The first-order valence-electron chi connectivity index (χ1n) is 30.3. The minimum absolute atomic E-state index is 0.119. The van der Waals surface area contributed by atoms with Crippen molar-refractivity contribution in [2.75, 3.05) is 0 Å². The van der Waals surface area contributed by atoms with Gasteiger partial charge in [0, 0.05) is 87.1 Å². The summed E-state index contributed by atoms with van der Waals surface area (Å²) in [6.45, 7) is 14.1. The molecule has 5 heteroatoms. The molecule has 0 aliphatic heterocycles. The highest BCUT2D eigenvalue weighted by Crippen LogP contribution is 2.53. The molecular weight excluding hydrogens is 1040 g/mol. The van der Waals surface area contributed by atoms with Gasteiger partial charge in [-0.05, 0) is 152 Å². The summed E-state index contributed by atoms with van der Waals surface area (Å²) in [6, 6.07) is 86.8. The fourth-order valence-corrected chi connectivity index (χ4v) is 15.5. The molecule has 19 aromatic rings. The first kappa shape index (κ1) is 47.9. The minimum Gasteiger partial charge on any atom is -0.309 e. The number of nitrogens with zero attached hydrogens (tertiary/aromatic N) is 5. The Hall–Kier alpha value is -10.5. The van der Waals surface area contributed by atoms with Gasteiger partial charge in [-0.25, -0.2) is 4.98 Å². The second-order valence-electron chi connectivity index (χ2n) is 26.3. The number of hydrogen-bond donors (Lipinski definition) is 0. The molecule has 5 nitrogen and oxygen atoms in total. The molecular formula is C81H57N5. The van der Waals surface area contributed by atoms with Gasteiger partial charge in [-0.2, -0.15) is 0 Å². The number of hydrogen-bond acceptors (Lipinski definition) is 1. The Morgan fingerprint density at radius 1 is 0.302 bits per heavy atom. The van der Waals surface area contributed by atoms with E-state index in [1.54, 1.807) is 0 Å². The molecule has 7 aromatic heterocycles. The molecule has 86 heavy (non-hydrogen) atoms. The van der Waals surface area contributed by atoms with E-state index in [9.17, 15) is 0 Å². The molecule has 0 saturated carbocycles. The van der Waals surface area contributed by atoms with Crippen LogP contribution in [0.4, 0.5) is 0 Å². The third kappa shape index (κ3) is 6.26. The van der Waals surface area contributed by atoms with Crippen molar-refractivity contribution in [2.45, 2.75) is 52.4 Å². The third-order valence-electron chi connectivity index (χ3n) is 19.5. The Morgan fingerprint density at radius 2 is 0.779 bits per heavy atom. The fraction of sp³-hybridized carbons (Fsp3) is 0.0988. The largest absolute Gasteiger partial charge is 0.309 e. The maximum Gasteiger partial charge on any atom is 0.146 e. The van der Waals surface area contributed by atoms with Crippen LogP contribution in [0.1, 0.15) is 52.7 Å². The van der Waals surface area contributed by atoms with E-state index >= 15 is 0 Å². The quantitative estimate of drug-likeness (QED) is 0.173. The van der Waals surface area contributed by atoms with Gasteiger partial charge < -0.3 is 13.5 Å². The van der Waals surface area contributed by atoms with E-state index in [0.717, 1.165) is 22.5 Å². The zero-order chi connectivity index (χ0) is 57.2. The summed E-state index contributed by atoms with van der Waals surface area (Å²) in [7, 11) is 0. The van der Waals surface area contributed by atoms with Gasteiger partial charge >= 0.3 is 0 Å². The lowest BCUT2D eigenvalue weighted by Crippen LogP contribution is -2.11. The Kier molecular flexibility index (Phi) is 9.28. The van der Waals surface area contributed by atoms with Crippen molar-refractivity contribution in [3.63, 3.8) is 0 Å². The highest BCUT2D eigenvalue weighted by atomic mass is 15.0. The summed E-state index contributed by atoms with van der Waals surface area (Å²) in [5.74, 6) is 0. The molecule has 19 rings (SSSR count). The average Bonchev–Trinajstić information content (AvgIpc) is 1.52. The van der Waals surface area contributed by atoms with E-state index in [-0.39, 0.29) is 10.8 Å². The fourth-order valence-electron chi connectivity index (χ4n) is 15.5. The zero-order valence-electron chi connectivity index (χ0n) is 48.8. The predicted octanol–water partition coefficient (Wildman–Crippen LogP) is 21.8. The average molecular weight is 1100 g/mol. The summed E-state index contributed by atoms with van der Waals surface area (Å²) >= 11 is 0. The van der Waals surface area contributed by atoms with Crippen molar-refractivity contribution in [1.29, 1.82) is 0 Å². The maximum absolute atomic E-state index is 5.87. The molecule has 12 aromatic carbocycles. The SMILES string of the molecule is CC(C)(C)c1cc(-c2ccc3c(c2)c2ccccc2n3-c2ccccc2)c2c(c1)c1cc3ccccc3c3c4c5c6cc(C(C)(C)C)cc7c8cc9ccccc9c(-c9ccc%10c(c9)c9ccccc9n%10-c9ccccc9)c8n(c5ncc4n2c13)c76. The van der Waals surface area contributed by atoms with Gasteiger partial charge in [-0.15, -0.1) is 0 Å². The lowest BCUT2D eigenvalue weighted by molar-refractivity contribution is 0.591. The third-order valence-corrected chi connectivity index (χ3v) is 19.5. The van der Waals surface area contributed by atoms with E-state index in [4.69, 9.17) is 4.98 Å². The van der Waals surface area contributed by atoms with Gasteiger partial charge in [0.05, 0.1) is 55.8 Å². The summed E-state index contributed by atoms with van der Waals surface area (Å²) in [6.07, 6.45) is 2.22. The van der Waals surface area contributed by atoms with E-state index in [1.165, 1.54) is 164 Å². The Labute approximate surface area is 495 Å². The van der Waals surface area contributed by atoms with Crippen LogP contribution >= 0.6 is 0 Å². The number of fused-ring (bicyclic) bond motifs is 22. The van der Waals surface area contributed by atoms with Crippen LogP contribution in [-0.2, 0) is 10.8 Å². The maximum atomic E-state index is 5.87. The zero-order valence-corrected chi connectivity index (χ0v) is 48.8. The van der Waals surface area contributed by atoms with Gasteiger partial charge in [0.15, 0.2) is 0 Å². The second kappa shape index (κ2) is 16.6. The van der Waals surface area contributed by atoms with Crippen molar-refractivity contribution >= 4 is 141 Å². The number of para-hydroxylation sites is 4. The van der Waals surface area contributed by atoms with Crippen LogP contribution in [0.25, 0.3) is 175 Å². The van der Waals surface area contributed by atoms with Gasteiger partial charge in [0.2, 0.25) is 0 Å². The van der Waals surface area contributed by atoms with Crippen LogP contribution in [-0.4, -0.2) is 22.9 Å². The molecule has 7 heterocycles. The van der Waals surface area contributed by atoms with Crippen LogP contribution in [0.15, 0.2) is 237 Å². The molecule has 0 saturated heterocycles. The number of benzene rings is 12. The van der Waals surface area contributed by atoms with E-state index in [2.05, 4.69) is 296 Å². The standard InChI is InChI=1S/C81H57N5/c1-80(2,3)50-41-58(48-33-35-68-59(37-48)56-29-17-19-31-66(56)83(68)52-23-9-7-10-24-52)75-63(42-50)62-39-47-22-14-16-28-55(47)72-74-70(85(75)78(62)72)45-82-79-73(74)65-44-51(81(4,5)6)43-64-61-38-46-21-13-15-27-54(46)71(77(61)86(79)76(64)65)49-34-36-69-60(40-49)57-30-18-20-32-67(57)84(69)53-25-11-8-12-26-53/h7-45H,1-6H3. The Morgan fingerprint density at radius 3 is 1.41 bits per heavy atom. The topological polar surface area (TPSA) is 31.6 Å². The van der Waals surface area contributed by atoms with Gasteiger partial charge in [0.1, 0.15) is 5.65 Å². The van der Waals surface area contributed by atoms with Crippen molar-refractivity contribution in [3.05, 3.63) is 248 Å². The number of pyridine rings is 1. The molecule has 0 aliphatic carbocycles. The van der Waals surface area contributed by atoms with Crippen molar-refractivity contribution in [1.82, 2.24) is 22.9 Å². The number of rotatable bonds is 4. The molecule has 0 bridgehead atoms. The van der Waals surface area contributed by atoms with Crippen LogP contribution in [0, 0.1) is 0 Å². The second-order valence-corrected chi connectivity index (χ2v) is 26.3. The highest BCUT2D eigenvalue weighted by molar-refractivity contribution is 6.40. The first-order valence-corrected chi connectivity index (χ1v) is 30.3. The molecule has 0 unspecified atom stereocenters. The predicted molar refractivity (Wildman–Crippen MR) is 366 cm³/mol. The first-order chi connectivity index (χ1) is 42.0. The molecule has 0 atom stereocenters. The monoisotopic (exact) mass is 1100 g/mol. The summed E-state index contributed by atoms with van der Waals surface area (Å²) in [5, 5.41) is 19.9. The Balaban J connectivity index is 0.972. The molecule has 0 amide bonds. The van der Waals surface area contributed by atoms with E-state index in [0.29, 0.717) is 0 Å². The Bertz CT molecular complexity index is 6130. The molecule has 0 spiro atoms. The normalized spacial score (nSPS) is 13.0. The molecule has 0 fully saturated rings.